The normalized spacial score (nSPS) is 19.8. The number of rotatable bonds is 3. The van der Waals surface area contributed by atoms with Crippen molar-refractivity contribution in [2.45, 2.75) is 39.3 Å². The molecule has 1 aliphatic rings. The van der Waals surface area contributed by atoms with Gasteiger partial charge in [-0.1, -0.05) is 13.8 Å². The molecule has 1 atom stereocenters. The third-order valence-corrected chi connectivity index (χ3v) is 3.31. The van der Waals surface area contributed by atoms with Gasteiger partial charge in [-0.3, -0.25) is 4.79 Å². The van der Waals surface area contributed by atoms with Gasteiger partial charge in [0.2, 0.25) is 5.91 Å². The predicted molar refractivity (Wildman–Crippen MR) is 68.6 cm³/mol. The highest BCUT2D eigenvalue weighted by atomic mass is 16.4. The summed E-state index contributed by atoms with van der Waals surface area (Å²) in [7, 11) is 0. The topological polar surface area (TPSA) is 98.7 Å². The molecular formula is C12H21N3O4. The van der Waals surface area contributed by atoms with Gasteiger partial charge in [-0.2, -0.15) is 0 Å². The zero-order chi connectivity index (χ0) is 14.8. The lowest BCUT2D eigenvalue weighted by Crippen LogP contribution is -2.66. The molecule has 1 saturated heterocycles. The summed E-state index contributed by atoms with van der Waals surface area (Å²) in [5.74, 6) is -1.56. The molecule has 0 aliphatic carbocycles. The molecule has 1 heterocycles. The van der Waals surface area contributed by atoms with E-state index in [-0.39, 0.29) is 11.8 Å². The van der Waals surface area contributed by atoms with Crippen LogP contribution in [-0.4, -0.2) is 52.6 Å². The van der Waals surface area contributed by atoms with E-state index in [1.807, 2.05) is 0 Å². The van der Waals surface area contributed by atoms with E-state index in [4.69, 9.17) is 5.11 Å². The van der Waals surface area contributed by atoms with E-state index in [1.54, 1.807) is 27.7 Å². The molecule has 1 aliphatic heterocycles. The summed E-state index contributed by atoms with van der Waals surface area (Å²) in [5.41, 5.74) is -0.984. The number of carbonyl (C=O) groups is 3. The maximum absolute atomic E-state index is 12.2. The largest absolute Gasteiger partial charge is 0.480 e. The number of aliphatic carboxylic acids is 1. The number of amides is 3. The minimum absolute atomic E-state index is 0.233. The molecule has 19 heavy (non-hydrogen) atoms. The number of carboxylic acids is 1. The molecule has 0 radical (unpaired) electrons. The van der Waals surface area contributed by atoms with E-state index in [1.165, 1.54) is 4.90 Å². The molecule has 108 valence electrons. The Labute approximate surface area is 112 Å². The Morgan fingerprint density at radius 3 is 2.47 bits per heavy atom. The van der Waals surface area contributed by atoms with Crippen LogP contribution in [0, 0.1) is 5.92 Å². The summed E-state index contributed by atoms with van der Waals surface area (Å²) in [6.45, 7) is 7.42. The lowest BCUT2D eigenvalue weighted by Gasteiger charge is -2.41. The van der Waals surface area contributed by atoms with Crippen LogP contribution in [0.5, 0.6) is 0 Å². The first-order chi connectivity index (χ1) is 8.67. The molecular weight excluding hydrogens is 250 g/mol. The van der Waals surface area contributed by atoms with Crippen molar-refractivity contribution < 1.29 is 19.5 Å². The Morgan fingerprint density at radius 1 is 1.42 bits per heavy atom. The number of carbonyl (C=O) groups excluding carboxylic acids is 2. The summed E-state index contributed by atoms with van der Waals surface area (Å²) in [6, 6.07) is -1.49. The van der Waals surface area contributed by atoms with E-state index < -0.39 is 23.6 Å². The Balaban J connectivity index is 2.82. The fraction of sp³-hybridized carbons (Fsp3) is 0.750. The number of hydrogen-bond acceptors (Lipinski definition) is 3. The molecule has 1 rings (SSSR count). The average Bonchev–Trinajstić information content (AvgIpc) is 2.28. The fourth-order valence-corrected chi connectivity index (χ4v) is 1.98. The molecule has 0 spiro atoms. The maximum Gasteiger partial charge on any atom is 0.326 e. The van der Waals surface area contributed by atoms with Gasteiger partial charge in [-0.15, -0.1) is 0 Å². The molecule has 3 N–H and O–H groups in total. The quantitative estimate of drug-likeness (QED) is 0.673. The number of urea groups is 1. The number of hydrogen-bond donors (Lipinski definition) is 3. The Hall–Kier alpha value is -1.79. The van der Waals surface area contributed by atoms with Crippen molar-refractivity contribution in [1.29, 1.82) is 0 Å². The van der Waals surface area contributed by atoms with E-state index in [0.717, 1.165) is 0 Å². The highest BCUT2D eigenvalue weighted by Crippen LogP contribution is 2.18. The molecule has 3 amide bonds. The van der Waals surface area contributed by atoms with Crippen LogP contribution in [-0.2, 0) is 9.59 Å². The third kappa shape index (κ3) is 3.15. The van der Waals surface area contributed by atoms with Gasteiger partial charge in [-0.25, -0.2) is 9.59 Å². The fourth-order valence-electron chi connectivity index (χ4n) is 1.98. The van der Waals surface area contributed by atoms with Crippen LogP contribution in [0.2, 0.25) is 0 Å². The molecule has 0 aromatic carbocycles. The lowest BCUT2D eigenvalue weighted by molar-refractivity contribution is -0.140. The molecule has 0 aromatic heterocycles. The molecule has 0 bridgehead atoms. The van der Waals surface area contributed by atoms with Crippen molar-refractivity contribution in [3.63, 3.8) is 0 Å². The van der Waals surface area contributed by atoms with Crippen molar-refractivity contribution >= 4 is 17.9 Å². The summed E-state index contributed by atoms with van der Waals surface area (Å²) in [5, 5.41) is 14.2. The summed E-state index contributed by atoms with van der Waals surface area (Å²) < 4.78 is 0. The number of nitrogens with zero attached hydrogens (tertiary/aromatic N) is 1. The van der Waals surface area contributed by atoms with Crippen molar-refractivity contribution in [2.75, 3.05) is 13.1 Å². The van der Waals surface area contributed by atoms with Gasteiger partial charge in [-0.05, 0) is 19.8 Å². The lowest BCUT2D eigenvalue weighted by atomic mass is 9.99. The number of nitrogens with one attached hydrogen (secondary N) is 2. The van der Waals surface area contributed by atoms with Gasteiger partial charge >= 0.3 is 12.0 Å². The van der Waals surface area contributed by atoms with Gasteiger partial charge in [0.15, 0.2) is 0 Å². The zero-order valence-corrected chi connectivity index (χ0v) is 11.7. The van der Waals surface area contributed by atoms with Crippen molar-refractivity contribution in [2.24, 2.45) is 5.92 Å². The summed E-state index contributed by atoms with van der Waals surface area (Å²) in [6.07, 6.45) is 0. The zero-order valence-electron chi connectivity index (χ0n) is 11.7. The van der Waals surface area contributed by atoms with Crippen molar-refractivity contribution in [1.82, 2.24) is 15.5 Å². The summed E-state index contributed by atoms with van der Waals surface area (Å²) in [4.78, 5) is 36.3. The van der Waals surface area contributed by atoms with Crippen LogP contribution in [0.25, 0.3) is 0 Å². The average molecular weight is 271 g/mol. The second-order valence-corrected chi connectivity index (χ2v) is 5.48. The van der Waals surface area contributed by atoms with Crippen LogP contribution in [0.15, 0.2) is 0 Å². The Kier molecular flexibility index (Phi) is 4.39. The van der Waals surface area contributed by atoms with Gasteiger partial charge in [0.05, 0.1) is 0 Å². The second-order valence-electron chi connectivity index (χ2n) is 5.48. The third-order valence-electron chi connectivity index (χ3n) is 3.31. The van der Waals surface area contributed by atoms with Crippen LogP contribution in [0.4, 0.5) is 4.79 Å². The molecule has 0 unspecified atom stereocenters. The molecule has 7 nitrogen and oxygen atoms in total. The van der Waals surface area contributed by atoms with Gasteiger partial charge in [0, 0.05) is 13.1 Å². The first-order valence-corrected chi connectivity index (χ1v) is 6.27. The van der Waals surface area contributed by atoms with Crippen LogP contribution >= 0.6 is 0 Å². The monoisotopic (exact) mass is 271 g/mol. The van der Waals surface area contributed by atoms with Crippen LogP contribution in [0.3, 0.4) is 0 Å². The van der Waals surface area contributed by atoms with Gasteiger partial charge in [0.25, 0.3) is 0 Å². The van der Waals surface area contributed by atoms with Crippen molar-refractivity contribution in [3.8, 4) is 0 Å². The summed E-state index contributed by atoms with van der Waals surface area (Å²) >= 11 is 0. The molecule has 1 fully saturated rings. The van der Waals surface area contributed by atoms with Crippen LogP contribution < -0.4 is 10.6 Å². The smallest absolute Gasteiger partial charge is 0.326 e. The molecule has 0 aromatic rings. The minimum atomic E-state index is -1.08. The predicted octanol–water partition coefficient (Wildman–Crippen LogP) is 0.0156. The number of carboxylic acid groups (broad SMARTS) is 1. The first kappa shape index (κ1) is 15.3. The highest BCUT2D eigenvalue weighted by Gasteiger charge is 2.41. The van der Waals surface area contributed by atoms with E-state index in [2.05, 4.69) is 10.6 Å². The second kappa shape index (κ2) is 5.46. The minimum Gasteiger partial charge on any atom is -0.480 e. The van der Waals surface area contributed by atoms with Gasteiger partial charge < -0.3 is 20.6 Å². The van der Waals surface area contributed by atoms with E-state index in [9.17, 15) is 14.4 Å². The molecule has 0 saturated carbocycles. The van der Waals surface area contributed by atoms with E-state index in [0.29, 0.717) is 13.1 Å². The SMILES string of the molecule is CC(C)[C@H](NC(=O)N1CCNC(=O)C1(C)C)C(=O)O. The van der Waals surface area contributed by atoms with Crippen molar-refractivity contribution in [3.05, 3.63) is 0 Å². The molecule has 7 heteroatoms. The van der Waals surface area contributed by atoms with Gasteiger partial charge in [0.1, 0.15) is 11.6 Å². The van der Waals surface area contributed by atoms with E-state index >= 15 is 0 Å². The maximum atomic E-state index is 12.2. The highest BCUT2D eigenvalue weighted by molar-refractivity contribution is 5.92. The van der Waals surface area contributed by atoms with Crippen LogP contribution in [0.1, 0.15) is 27.7 Å². The Morgan fingerprint density at radius 2 is 2.00 bits per heavy atom. The first-order valence-electron chi connectivity index (χ1n) is 6.27. The number of piperazine rings is 1. The standard InChI is InChI=1S/C12H21N3O4/c1-7(2)8(9(16)17)14-11(19)15-6-5-13-10(18)12(15,3)4/h7-8H,5-6H2,1-4H3,(H,13,18)(H,14,19)(H,16,17)/t8-/m0/s1. The Bertz CT molecular complexity index is 392.